The van der Waals surface area contributed by atoms with Gasteiger partial charge < -0.3 is 9.52 Å². The second-order valence-corrected chi connectivity index (χ2v) is 5.40. The molecule has 0 aliphatic carbocycles. The van der Waals surface area contributed by atoms with E-state index in [9.17, 15) is 9.00 Å². The van der Waals surface area contributed by atoms with Crippen molar-refractivity contribution in [2.45, 2.75) is 6.54 Å². The zero-order valence-corrected chi connectivity index (χ0v) is 9.53. The van der Waals surface area contributed by atoms with Gasteiger partial charge in [-0.3, -0.25) is 9.11 Å². The summed E-state index contributed by atoms with van der Waals surface area (Å²) >= 11 is 0. The summed E-state index contributed by atoms with van der Waals surface area (Å²) in [6, 6.07) is 1.68. The van der Waals surface area contributed by atoms with Crippen molar-refractivity contribution >= 4 is 16.8 Å². The third kappa shape index (κ3) is 2.51. The molecule has 1 fully saturated rings. The van der Waals surface area contributed by atoms with Crippen LogP contribution in [0.1, 0.15) is 16.1 Å². The molecule has 1 aromatic rings. The molecule has 88 valence electrons. The minimum atomic E-state index is -1.04. The van der Waals surface area contributed by atoms with Gasteiger partial charge in [0.25, 0.3) is 0 Å². The molecule has 1 aromatic heterocycles. The molecule has 16 heavy (non-hydrogen) atoms. The number of aromatic carboxylic acids is 1. The molecule has 0 atom stereocenters. The second kappa shape index (κ2) is 4.80. The van der Waals surface area contributed by atoms with Crippen molar-refractivity contribution in [2.24, 2.45) is 0 Å². The van der Waals surface area contributed by atoms with Crippen LogP contribution in [0.4, 0.5) is 0 Å². The average molecular weight is 243 g/mol. The van der Waals surface area contributed by atoms with Gasteiger partial charge in [-0.15, -0.1) is 0 Å². The van der Waals surface area contributed by atoms with E-state index in [-0.39, 0.29) is 5.76 Å². The number of rotatable bonds is 3. The Morgan fingerprint density at radius 3 is 2.81 bits per heavy atom. The fraction of sp³-hybridized carbons (Fsp3) is 0.500. The first kappa shape index (κ1) is 11.3. The normalized spacial score (nSPS) is 18.8. The zero-order chi connectivity index (χ0) is 11.5. The van der Waals surface area contributed by atoms with Gasteiger partial charge in [0.2, 0.25) is 5.76 Å². The second-order valence-electron chi connectivity index (χ2n) is 3.70. The van der Waals surface area contributed by atoms with Crippen LogP contribution >= 0.6 is 0 Å². The Morgan fingerprint density at radius 2 is 2.19 bits per heavy atom. The molecule has 0 spiro atoms. The van der Waals surface area contributed by atoms with Gasteiger partial charge in [0.1, 0.15) is 0 Å². The van der Waals surface area contributed by atoms with Crippen LogP contribution in [0.2, 0.25) is 0 Å². The summed E-state index contributed by atoms with van der Waals surface area (Å²) < 4.78 is 16.1. The molecular weight excluding hydrogens is 230 g/mol. The van der Waals surface area contributed by atoms with Crippen LogP contribution in [0, 0.1) is 0 Å². The van der Waals surface area contributed by atoms with E-state index >= 15 is 0 Å². The molecule has 2 heterocycles. The summed E-state index contributed by atoms with van der Waals surface area (Å²) in [4.78, 5) is 12.9. The van der Waals surface area contributed by atoms with Gasteiger partial charge in [0.05, 0.1) is 6.26 Å². The van der Waals surface area contributed by atoms with Crippen molar-refractivity contribution < 1.29 is 18.5 Å². The first-order valence-electron chi connectivity index (χ1n) is 5.04. The van der Waals surface area contributed by atoms with Gasteiger partial charge in [-0.2, -0.15) is 0 Å². The van der Waals surface area contributed by atoms with E-state index in [1.165, 1.54) is 6.26 Å². The van der Waals surface area contributed by atoms with Gasteiger partial charge in [-0.05, 0) is 6.07 Å². The minimum absolute atomic E-state index is 0.00620. The summed E-state index contributed by atoms with van der Waals surface area (Å²) in [7, 11) is -0.705. The molecule has 0 unspecified atom stereocenters. The molecule has 1 aliphatic heterocycles. The lowest BCUT2D eigenvalue weighted by Crippen LogP contribution is -2.37. The van der Waals surface area contributed by atoms with E-state index in [1.54, 1.807) is 6.07 Å². The number of furan rings is 1. The number of nitrogens with zero attached hydrogens (tertiary/aromatic N) is 1. The van der Waals surface area contributed by atoms with Gasteiger partial charge in [-0.1, -0.05) is 0 Å². The standard InChI is InChI=1S/C10H13NO4S/c12-10(13)9-8(1-4-15-9)7-11-2-5-16(14)6-3-11/h1,4H,2-3,5-7H2,(H,12,13). The van der Waals surface area contributed by atoms with Crippen molar-refractivity contribution in [1.29, 1.82) is 0 Å². The van der Waals surface area contributed by atoms with Crippen LogP contribution < -0.4 is 0 Å². The predicted molar refractivity (Wildman–Crippen MR) is 58.8 cm³/mol. The molecule has 2 rings (SSSR count). The quantitative estimate of drug-likeness (QED) is 0.839. The summed E-state index contributed by atoms with van der Waals surface area (Å²) in [5.41, 5.74) is 0.681. The van der Waals surface area contributed by atoms with Crippen LogP contribution in [-0.4, -0.2) is 44.8 Å². The maximum absolute atomic E-state index is 11.2. The minimum Gasteiger partial charge on any atom is -0.475 e. The topological polar surface area (TPSA) is 70.8 Å². The Labute approximate surface area is 95.5 Å². The van der Waals surface area contributed by atoms with Crippen molar-refractivity contribution in [2.75, 3.05) is 24.6 Å². The Kier molecular flexibility index (Phi) is 3.40. The third-order valence-corrected chi connectivity index (χ3v) is 3.88. The van der Waals surface area contributed by atoms with Gasteiger partial charge in [0.15, 0.2) is 0 Å². The first-order chi connectivity index (χ1) is 7.66. The Bertz CT molecular complexity index is 405. The highest BCUT2D eigenvalue weighted by Gasteiger charge is 2.19. The Hall–Kier alpha value is -1.14. The number of hydrogen-bond acceptors (Lipinski definition) is 4. The molecule has 0 saturated carbocycles. The molecule has 0 radical (unpaired) electrons. The number of carbonyl (C=O) groups is 1. The molecule has 1 aliphatic rings. The largest absolute Gasteiger partial charge is 0.475 e. The van der Waals surface area contributed by atoms with Crippen molar-refractivity contribution in [3.8, 4) is 0 Å². The summed E-state index contributed by atoms with van der Waals surface area (Å²) in [5, 5.41) is 8.87. The SMILES string of the molecule is O=C(O)c1occc1CN1CCS(=O)CC1. The number of carboxylic acids is 1. The molecule has 5 nitrogen and oxygen atoms in total. The van der Waals surface area contributed by atoms with Crippen LogP contribution in [0.3, 0.4) is 0 Å². The lowest BCUT2D eigenvalue weighted by molar-refractivity contribution is 0.0659. The lowest BCUT2D eigenvalue weighted by atomic mass is 10.2. The maximum atomic E-state index is 11.2. The highest BCUT2D eigenvalue weighted by atomic mass is 32.2. The first-order valence-corrected chi connectivity index (χ1v) is 6.52. The number of carboxylic acid groups (broad SMARTS) is 1. The predicted octanol–water partition coefficient (Wildman–Crippen LogP) is 0.542. The van der Waals surface area contributed by atoms with Crippen LogP contribution in [0.5, 0.6) is 0 Å². The average Bonchev–Trinajstić information content (AvgIpc) is 2.69. The third-order valence-electron chi connectivity index (χ3n) is 2.61. The van der Waals surface area contributed by atoms with Gasteiger partial charge >= 0.3 is 5.97 Å². The van der Waals surface area contributed by atoms with E-state index in [0.29, 0.717) is 23.6 Å². The van der Waals surface area contributed by atoms with E-state index in [0.717, 1.165) is 13.1 Å². The highest BCUT2D eigenvalue weighted by Crippen LogP contribution is 2.14. The van der Waals surface area contributed by atoms with Crippen LogP contribution in [0.15, 0.2) is 16.7 Å². The fourth-order valence-electron chi connectivity index (χ4n) is 1.72. The van der Waals surface area contributed by atoms with E-state index in [2.05, 4.69) is 4.90 Å². The molecule has 1 N–H and O–H groups in total. The molecule has 6 heteroatoms. The molecule has 1 saturated heterocycles. The Morgan fingerprint density at radius 1 is 1.50 bits per heavy atom. The monoisotopic (exact) mass is 243 g/mol. The van der Waals surface area contributed by atoms with Crippen molar-refractivity contribution in [3.63, 3.8) is 0 Å². The molecule has 0 bridgehead atoms. The highest BCUT2D eigenvalue weighted by molar-refractivity contribution is 7.85. The summed E-state index contributed by atoms with van der Waals surface area (Å²) in [6.07, 6.45) is 1.39. The van der Waals surface area contributed by atoms with Crippen molar-refractivity contribution in [3.05, 3.63) is 23.7 Å². The van der Waals surface area contributed by atoms with Crippen LogP contribution in [0.25, 0.3) is 0 Å². The maximum Gasteiger partial charge on any atom is 0.372 e. The van der Waals surface area contributed by atoms with Crippen LogP contribution in [-0.2, 0) is 17.3 Å². The zero-order valence-electron chi connectivity index (χ0n) is 8.72. The van der Waals surface area contributed by atoms with Gasteiger partial charge in [0, 0.05) is 47.5 Å². The van der Waals surface area contributed by atoms with E-state index < -0.39 is 16.8 Å². The van der Waals surface area contributed by atoms with E-state index in [4.69, 9.17) is 9.52 Å². The summed E-state index contributed by atoms with van der Waals surface area (Å²) in [5.74, 6) is 0.299. The lowest BCUT2D eigenvalue weighted by Gasteiger charge is -2.25. The Balaban J connectivity index is 2.01. The van der Waals surface area contributed by atoms with Crippen molar-refractivity contribution in [1.82, 2.24) is 4.90 Å². The summed E-state index contributed by atoms with van der Waals surface area (Å²) in [6.45, 7) is 2.04. The number of hydrogen-bond donors (Lipinski definition) is 1. The molecular formula is C10H13NO4S. The smallest absolute Gasteiger partial charge is 0.372 e. The fourth-order valence-corrected chi connectivity index (χ4v) is 2.85. The van der Waals surface area contributed by atoms with E-state index in [1.807, 2.05) is 0 Å². The van der Waals surface area contributed by atoms with Gasteiger partial charge in [-0.25, -0.2) is 4.79 Å². The molecule has 0 amide bonds. The molecule has 0 aromatic carbocycles.